The fourth-order valence-corrected chi connectivity index (χ4v) is 4.63. The standard InChI is InChI=1S/C28H31F3N2O5S/c1-36-14-13-33(27(35)21-6-4-7-22(17-21)28(29,30)31)19-26(34)32(18-23-8-5-15-39-23)12-11-20-9-10-24(37-2)25(16-20)38-3/h4-10,15-17H,11-14,18-19H2,1-3H3. The van der Waals surface area contributed by atoms with E-state index >= 15 is 0 Å². The van der Waals surface area contributed by atoms with Crippen molar-refractivity contribution in [3.05, 3.63) is 81.5 Å². The molecule has 0 radical (unpaired) electrons. The summed E-state index contributed by atoms with van der Waals surface area (Å²) in [4.78, 5) is 30.6. The maximum atomic E-state index is 13.5. The maximum absolute atomic E-state index is 13.5. The van der Waals surface area contributed by atoms with Gasteiger partial charge in [-0.05, 0) is 53.8 Å². The van der Waals surface area contributed by atoms with Crippen molar-refractivity contribution in [2.24, 2.45) is 0 Å². The molecule has 0 unspecified atom stereocenters. The first kappa shape index (κ1) is 30.0. The van der Waals surface area contributed by atoms with Crippen molar-refractivity contribution < 1.29 is 37.0 Å². The Balaban J connectivity index is 1.80. The molecule has 0 aliphatic carbocycles. The third-order valence-corrected chi connectivity index (χ3v) is 6.87. The summed E-state index contributed by atoms with van der Waals surface area (Å²) in [6.45, 7) is 0.534. The van der Waals surface area contributed by atoms with Crippen LogP contribution < -0.4 is 9.47 Å². The second-order valence-electron chi connectivity index (χ2n) is 8.63. The molecule has 0 bridgehead atoms. The molecule has 39 heavy (non-hydrogen) atoms. The zero-order valence-corrected chi connectivity index (χ0v) is 22.8. The summed E-state index contributed by atoms with van der Waals surface area (Å²) < 4.78 is 55.4. The Morgan fingerprint density at radius 2 is 1.67 bits per heavy atom. The zero-order chi connectivity index (χ0) is 28.4. The Morgan fingerprint density at radius 1 is 0.897 bits per heavy atom. The van der Waals surface area contributed by atoms with Gasteiger partial charge in [0.1, 0.15) is 6.54 Å². The van der Waals surface area contributed by atoms with Crippen LogP contribution in [0.25, 0.3) is 0 Å². The molecule has 3 rings (SSSR count). The highest BCUT2D eigenvalue weighted by atomic mass is 32.1. The Labute approximate surface area is 229 Å². The summed E-state index contributed by atoms with van der Waals surface area (Å²) >= 11 is 1.50. The van der Waals surface area contributed by atoms with Crippen molar-refractivity contribution >= 4 is 23.2 Å². The van der Waals surface area contributed by atoms with E-state index < -0.39 is 17.6 Å². The zero-order valence-electron chi connectivity index (χ0n) is 22.0. The Morgan fingerprint density at radius 3 is 2.31 bits per heavy atom. The number of methoxy groups -OCH3 is 3. The molecule has 1 aromatic heterocycles. The van der Waals surface area contributed by atoms with E-state index in [-0.39, 0.29) is 31.2 Å². The molecule has 2 amide bonds. The van der Waals surface area contributed by atoms with E-state index in [2.05, 4.69) is 0 Å². The van der Waals surface area contributed by atoms with Crippen LogP contribution in [0.3, 0.4) is 0 Å². The number of nitrogens with zero attached hydrogens (tertiary/aromatic N) is 2. The Hall–Kier alpha value is -3.57. The van der Waals surface area contributed by atoms with Crippen molar-refractivity contribution in [2.75, 3.05) is 47.6 Å². The predicted octanol–water partition coefficient (Wildman–Crippen LogP) is 5.14. The number of ether oxygens (including phenoxy) is 3. The molecule has 0 aliphatic rings. The van der Waals surface area contributed by atoms with Gasteiger partial charge in [0.25, 0.3) is 5.91 Å². The lowest BCUT2D eigenvalue weighted by molar-refractivity contribution is -0.137. The van der Waals surface area contributed by atoms with E-state index in [1.165, 1.54) is 35.5 Å². The Kier molecular flexibility index (Phi) is 10.8. The summed E-state index contributed by atoms with van der Waals surface area (Å²) in [5.74, 6) is 0.154. The molecule has 0 aliphatic heterocycles. The SMILES string of the molecule is COCCN(CC(=O)N(CCc1ccc(OC)c(OC)c1)Cc1cccs1)C(=O)c1cccc(C(F)(F)F)c1. The highest BCUT2D eigenvalue weighted by Gasteiger charge is 2.31. The molecule has 11 heteroatoms. The monoisotopic (exact) mass is 564 g/mol. The molecule has 0 N–H and O–H groups in total. The van der Waals surface area contributed by atoms with Crippen LogP contribution in [-0.2, 0) is 28.7 Å². The molecular formula is C28H31F3N2O5S. The fraction of sp³-hybridized carbons (Fsp3) is 0.357. The minimum atomic E-state index is -4.59. The average molecular weight is 565 g/mol. The van der Waals surface area contributed by atoms with E-state index in [9.17, 15) is 22.8 Å². The van der Waals surface area contributed by atoms with E-state index in [0.717, 1.165) is 22.6 Å². The summed E-state index contributed by atoms with van der Waals surface area (Å²) in [5, 5.41) is 1.91. The topological polar surface area (TPSA) is 68.3 Å². The number of rotatable bonds is 13. The number of alkyl halides is 3. The molecule has 1 heterocycles. The van der Waals surface area contributed by atoms with E-state index in [1.54, 1.807) is 25.2 Å². The molecule has 3 aromatic rings. The Bertz CT molecular complexity index is 1230. The van der Waals surface area contributed by atoms with E-state index in [4.69, 9.17) is 14.2 Å². The van der Waals surface area contributed by atoms with Gasteiger partial charge in [0.05, 0.1) is 32.9 Å². The van der Waals surface area contributed by atoms with Crippen LogP contribution in [-0.4, -0.2) is 69.2 Å². The molecular weight excluding hydrogens is 533 g/mol. The van der Waals surface area contributed by atoms with Crippen molar-refractivity contribution in [1.82, 2.24) is 9.80 Å². The summed E-state index contributed by atoms with van der Waals surface area (Å²) in [7, 11) is 4.54. The van der Waals surface area contributed by atoms with Crippen molar-refractivity contribution in [3.63, 3.8) is 0 Å². The predicted molar refractivity (Wildman–Crippen MR) is 142 cm³/mol. The number of carbonyl (C=O) groups excluding carboxylic acids is 2. The van der Waals surface area contributed by atoms with Gasteiger partial charge in [-0.2, -0.15) is 13.2 Å². The number of amides is 2. The molecule has 0 spiro atoms. The molecule has 0 saturated carbocycles. The van der Waals surface area contributed by atoms with Crippen LogP contribution in [0.5, 0.6) is 11.5 Å². The van der Waals surface area contributed by atoms with E-state index in [0.29, 0.717) is 31.0 Å². The smallest absolute Gasteiger partial charge is 0.416 e. The lowest BCUT2D eigenvalue weighted by atomic mass is 10.1. The van der Waals surface area contributed by atoms with Crippen LogP contribution in [0.4, 0.5) is 13.2 Å². The average Bonchev–Trinajstić information content (AvgIpc) is 3.45. The summed E-state index contributed by atoms with van der Waals surface area (Å²) in [5.41, 5.74) is -0.155. The number of thiophene rings is 1. The van der Waals surface area contributed by atoms with Gasteiger partial charge in [0, 0.05) is 30.6 Å². The minimum Gasteiger partial charge on any atom is -0.493 e. The normalized spacial score (nSPS) is 11.2. The number of hydrogen-bond acceptors (Lipinski definition) is 6. The molecule has 2 aromatic carbocycles. The van der Waals surface area contributed by atoms with Crippen LogP contribution in [0.2, 0.25) is 0 Å². The first-order chi connectivity index (χ1) is 18.7. The van der Waals surface area contributed by atoms with Crippen molar-refractivity contribution in [3.8, 4) is 11.5 Å². The molecule has 7 nitrogen and oxygen atoms in total. The maximum Gasteiger partial charge on any atom is 0.416 e. The highest BCUT2D eigenvalue weighted by Crippen LogP contribution is 2.30. The third-order valence-electron chi connectivity index (χ3n) is 6.01. The molecule has 0 atom stereocenters. The van der Waals surface area contributed by atoms with Gasteiger partial charge < -0.3 is 24.0 Å². The van der Waals surface area contributed by atoms with Gasteiger partial charge in [-0.3, -0.25) is 9.59 Å². The van der Waals surface area contributed by atoms with Crippen LogP contribution in [0.15, 0.2) is 60.0 Å². The van der Waals surface area contributed by atoms with E-state index in [1.807, 2.05) is 29.6 Å². The fourth-order valence-electron chi connectivity index (χ4n) is 3.91. The quantitative estimate of drug-likeness (QED) is 0.288. The van der Waals surface area contributed by atoms with Gasteiger partial charge in [0.2, 0.25) is 5.91 Å². The lowest BCUT2D eigenvalue weighted by Crippen LogP contribution is -2.44. The number of benzene rings is 2. The minimum absolute atomic E-state index is 0.0415. The van der Waals surface area contributed by atoms with Crippen molar-refractivity contribution in [2.45, 2.75) is 19.1 Å². The second kappa shape index (κ2) is 14.0. The van der Waals surface area contributed by atoms with Crippen LogP contribution in [0, 0.1) is 0 Å². The van der Waals surface area contributed by atoms with Gasteiger partial charge in [-0.25, -0.2) is 0 Å². The summed E-state index contributed by atoms with van der Waals surface area (Å²) in [6, 6.07) is 13.5. The van der Waals surface area contributed by atoms with Gasteiger partial charge >= 0.3 is 6.18 Å². The van der Waals surface area contributed by atoms with Gasteiger partial charge in [0.15, 0.2) is 11.5 Å². The van der Waals surface area contributed by atoms with Crippen LogP contribution >= 0.6 is 11.3 Å². The molecule has 0 fully saturated rings. The molecule has 0 saturated heterocycles. The number of halogens is 3. The molecule has 210 valence electrons. The first-order valence-corrected chi connectivity index (χ1v) is 13.0. The van der Waals surface area contributed by atoms with Crippen LogP contribution in [0.1, 0.15) is 26.4 Å². The van der Waals surface area contributed by atoms with Gasteiger partial charge in [-0.15, -0.1) is 11.3 Å². The summed E-state index contributed by atoms with van der Waals surface area (Å²) in [6.07, 6.45) is -4.08. The largest absolute Gasteiger partial charge is 0.493 e. The number of carbonyl (C=O) groups is 2. The van der Waals surface area contributed by atoms with Crippen molar-refractivity contribution in [1.29, 1.82) is 0 Å². The lowest BCUT2D eigenvalue weighted by Gasteiger charge is -2.28. The first-order valence-electron chi connectivity index (χ1n) is 12.1. The number of hydrogen-bond donors (Lipinski definition) is 0. The second-order valence-corrected chi connectivity index (χ2v) is 9.66. The third kappa shape index (κ3) is 8.46. The highest BCUT2D eigenvalue weighted by molar-refractivity contribution is 7.09. The van der Waals surface area contributed by atoms with Gasteiger partial charge in [-0.1, -0.05) is 18.2 Å².